The molecule has 27 heavy (non-hydrogen) atoms. The van der Waals surface area contributed by atoms with E-state index >= 15 is 0 Å². The van der Waals surface area contributed by atoms with Gasteiger partial charge in [0.15, 0.2) is 5.16 Å². The highest BCUT2D eigenvalue weighted by atomic mass is 35.5. The summed E-state index contributed by atoms with van der Waals surface area (Å²) < 4.78 is 7.35. The summed E-state index contributed by atoms with van der Waals surface area (Å²) in [5.74, 6) is 0.278. The quantitative estimate of drug-likeness (QED) is 0.519. The number of rotatable bonds is 7. The molecule has 1 aliphatic rings. The predicted octanol–water partition coefficient (Wildman–Crippen LogP) is 3.19. The van der Waals surface area contributed by atoms with E-state index in [1.807, 2.05) is 13.8 Å². The second kappa shape index (κ2) is 9.08. The number of hydrogen-bond donors (Lipinski definition) is 0. The molecule has 0 aliphatic carbocycles. The first-order chi connectivity index (χ1) is 13.0. The van der Waals surface area contributed by atoms with Crippen LogP contribution < -0.4 is 5.56 Å². The second-order valence-electron chi connectivity index (χ2n) is 6.46. The molecule has 6 nitrogen and oxygen atoms in total. The lowest BCUT2D eigenvalue weighted by molar-refractivity contribution is -0.127. The van der Waals surface area contributed by atoms with Crippen LogP contribution in [0.5, 0.6) is 0 Å². The highest BCUT2D eigenvalue weighted by Gasteiger charge is 2.21. The summed E-state index contributed by atoms with van der Waals surface area (Å²) >= 11 is 7.37. The Kier molecular flexibility index (Phi) is 6.78. The van der Waals surface area contributed by atoms with Gasteiger partial charge in [-0.15, -0.1) is 0 Å². The Hall–Kier alpha value is -1.57. The van der Waals surface area contributed by atoms with E-state index in [4.69, 9.17) is 16.3 Å². The van der Waals surface area contributed by atoms with Crippen LogP contribution in [0.4, 0.5) is 0 Å². The number of thioether (sulfide) groups is 1. The van der Waals surface area contributed by atoms with E-state index in [9.17, 15) is 9.59 Å². The van der Waals surface area contributed by atoms with Gasteiger partial charge in [0.25, 0.3) is 5.56 Å². The molecule has 0 spiro atoms. The van der Waals surface area contributed by atoms with E-state index in [-0.39, 0.29) is 23.3 Å². The lowest BCUT2D eigenvalue weighted by atomic mass is 10.2. The molecule has 0 radical (unpaired) electrons. The van der Waals surface area contributed by atoms with Crippen molar-refractivity contribution in [2.24, 2.45) is 0 Å². The number of fused-ring (bicyclic) bond motifs is 1. The van der Waals surface area contributed by atoms with Gasteiger partial charge in [0.1, 0.15) is 0 Å². The van der Waals surface area contributed by atoms with Gasteiger partial charge in [0.05, 0.1) is 29.3 Å². The number of ether oxygens (including phenoxy) is 1. The first-order valence-electron chi connectivity index (χ1n) is 9.25. The Morgan fingerprint density at radius 1 is 1.41 bits per heavy atom. The van der Waals surface area contributed by atoms with Crippen LogP contribution in [-0.4, -0.2) is 51.9 Å². The van der Waals surface area contributed by atoms with Crippen LogP contribution in [0.2, 0.25) is 5.02 Å². The van der Waals surface area contributed by atoms with Gasteiger partial charge < -0.3 is 9.64 Å². The number of nitrogens with zero attached hydrogens (tertiary/aromatic N) is 3. The first kappa shape index (κ1) is 20.2. The molecule has 1 saturated heterocycles. The van der Waals surface area contributed by atoms with Crippen LogP contribution in [0.1, 0.15) is 26.7 Å². The van der Waals surface area contributed by atoms with Crippen molar-refractivity contribution in [3.63, 3.8) is 0 Å². The fourth-order valence-electron chi connectivity index (χ4n) is 3.23. The molecule has 2 heterocycles. The monoisotopic (exact) mass is 409 g/mol. The van der Waals surface area contributed by atoms with E-state index < -0.39 is 0 Å². The van der Waals surface area contributed by atoms with Gasteiger partial charge in [0, 0.05) is 24.7 Å². The van der Waals surface area contributed by atoms with Crippen LogP contribution in [0.3, 0.4) is 0 Å². The Bertz CT molecular complexity index is 876. The summed E-state index contributed by atoms with van der Waals surface area (Å²) in [6, 6.07) is 5.08. The minimum atomic E-state index is -0.120. The lowest BCUT2D eigenvalue weighted by Gasteiger charge is -2.19. The third-order valence-corrected chi connectivity index (χ3v) is 5.93. The zero-order chi connectivity index (χ0) is 19.4. The number of amides is 1. The highest BCUT2D eigenvalue weighted by Crippen LogP contribution is 2.23. The van der Waals surface area contributed by atoms with Gasteiger partial charge in [-0.2, -0.15) is 0 Å². The average Bonchev–Trinajstić information content (AvgIpc) is 3.16. The number of hydrogen-bond acceptors (Lipinski definition) is 5. The highest BCUT2D eigenvalue weighted by molar-refractivity contribution is 7.99. The van der Waals surface area contributed by atoms with Crippen molar-refractivity contribution in [3.8, 4) is 0 Å². The molecule has 1 aliphatic heterocycles. The Morgan fingerprint density at radius 2 is 2.19 bits per heavy atom. The van der Waals surface area contributed by atoms with Gasteiger partial charge >= 0.3 is 0 Å². The van der Waals surface area contributed by atoms with Crippen LogP contribution in [0.25, 0.3) is 10.9 Å². The molecule has 3 rings (SSSR count). The minimum absolute atomic E-state index is 0.00656. The van der Waals surface area contributed by atoms with Gasteiger partial charge in [-0.05, 0) is 44.9 Å². The molecule has 1 unspecified atom stereocenters. The van der Waals surface area contributed by atoms with E-state index in [2.05, 4.69) is 4.98 Å². The molecular formula is C19H24ClN3O3S. The maximum Gasteiger partial charge on any atom is 0.262 e. The third kappa shape index (κ3) is 4.65. The van der Waals surface area contributed by atoms with Gasteiger partial charge in [0.2, 0.25) is 5.91 Å². The summed E-state index contributed by atoms with van der Waals surface area (Å²) in [5, 5.41) is 1.59. The van der Waals surface area contributed by atoms with Crippen LogP contribution in [0, 0.1) is 0 Å². The maximum atomic E-state index is 13.1. The largest absolute Gasteiger partial charge is 0.376 e. The molecule has 0 bridgehead atoms. The summed E-state index contributed by atoms with van der Waals surface area (Å²) in [6.45, 7) is 6.41. The van der Waals surface area contributed by atoms with Crippen molar-refractivity contribution in [3.05, 3.63) is 33.6 Å². The van der Waals surface area contributed by atoms with Crippen molar-refractivity contribution >= 4 is 40.2 Å². The summed E-state index contributed by atoms with van der Waals surface area (Å²) in [6.07, 6.45) is 1.93. The Morgan fingerprint density at radius 3 is 2.85 bits per heavy atom. The second-order valence-corrected chi connectivity index (χ2v) is 7.84. The van der Waals surface area contributed by atoms with Crippen LogP contribution >= 0.6 is 23.4 Å². The van der Waals surface area contributed by atoms with Crippen molar-refractivity contribution in [2.75, 3.05) is 25.4 Å². The smallest absolute Gasteiger partial charge is 0.262 e. The van der Waals surface area contributed by atoms with Crippen LogP contribution in [-0.2, 0) is 16.1 Å². The number of halogens is 1. The Labute approximate surface area is 167 Å². The summed E-state index contributed by atoms with van der Waals surface area (Å²) in [4.78, 5) is 31.8. The molecule has 1 aromatic heterocycles. The van der Waals surface area contributed by atoms with E-state index in [0.29, 0.717) is 40.7 Å². The van der Waals surface area contributed by atoms with Crippen molar-refractivity contribution < 1.29 is 9.53 Å². The molecule has 1 aromatic carbocycles. The maximum absolute atomic E-state index is 13.1. The van der Waals surface area contributed by atoms with Crippen molar-refractivity contribution in [1.29, 1.82) is 0 Å². The van der Waals surface area contributed by atoms with E-state index in [1.165, 1.54) is 11.8 Å². The lowest BCUT2D eigenvalue weighted by Crippen LogP contribution is -2.33. The molecule has 0 N–H and O–H groups in total. The molecule has 2 aromatic rings. The molecule has 8 heteroatoms. The molecule has 0 saturated carbocycles. The van der Waals surface area contributed by atoms with Gasteiger partial charge in [-0.1, -0.05) is 23.4 Å². The van der Waals surface area contributed by atoms with Gasteiger partial charge in [-0.3, -0.25) is 14.2 Å². The predicted molar refractivity (Wildman–Crippen MR) is 109 cm³/mol. The summed E-state index contributed by atoms with van der Waals surface area (Å²) in [5.41, 5.74) is 0.429. The number of carbonyl (C=O) groups is 1. The number of carbonyl (C=O) groups excluding carboxylic acids is 1. The molecule has 1 atom stereocenters. The average molecular weight is 410 g/mol. The number of benzene rings is 1. The standard InChI is InChI=1S/C19H24ClN3O3S/c1-3-22(4-2)17(24)12-27-19-21-16-10-13(20)7-8-15(16)18(25)23(19)11-14-6-5-9-26-14/h7-8,10,14H,3-6,9,11-12H2,1-2H3. The SMILES string of the molecule is CCN(CC)C(=O)CSc1nc2cc(Cl)ccc2c(=O)n1CC1CCCO1. The zero-order valence-electron chi connectivity index (χ0n) is 15.6. The normalized spacial score (nSPS) is 16.8. The minimum Gasteiger partial charge on any atom is -0.376 e. The van der Waals surface area contributed by atoms with Crippen LogP contribution in [0.15, 0.2) is 28.2 Å². The molecule has 1 amide bonds. The fourth-order valence-corrected chi connectivity index (χ4v) is 4.31. The van der Waals surface area contributed by atoms with Crippen molar-refractivity contribution in [2.45, 2.75) is 44.5 Å². The molecular weight excluding hydrogens is 386 g/mol. The number of aromatic nitrogens is 2. The van der Waals surface area contributed by atoms with E-state index in [0.717, 1.165) is 19.4 Å². The zero-order valence-corrected chi connectivity index (χ0v) is 17.2. The molecule has 146 valence electrons. The molecule has 1 fully saturated rings. The Balaban J connectivity index is 1.94. The third-order valence-electron chi connectivity index (χ3n) is 4.73. The van der Waals surface area contributed by atoms with E-state index in [1.54, 1.807) is 27.7 Å². The first-order valence-corrected chi connectivity index (χ1v) is 10.6. The summed E-state index contributed by atoms with van der Waals surface area (Å²) in [7, 11) is 0. The van der Waals surface area contributed by atoms with Gasteiger partial charge in [-0.25, -0.2) is 4.98 Å². The fraction of sp³-hybridized carbons (Fsp3) is 0.526. The topological polar surface area (TPSA) is 64.4 Å². The van der Waals surface area contributed by atoms with Crippen molar-refractivity contribution in [1.82, 2.24) is 14.5 Å².